The van der Waals surface area contributed by atoms with Gasteiger partial charge in [0.2, 0.25) is 5.91 Å². The van der Waals surface area contributed by atoms with Crippen LogP contribution in [-0.2, 0) is 11.2 Å². The number of urea groups is 1. The van der Waals surface area contributed by atoms with Crippen molar-refractivity contribution in [2.45, 2.75) is 25.7 Å². The van der Waals surface area contributed by atoms with Gasteiger partial charge in [0.1, 0.15) is 0 Å². The molecule has 2 heterocycles. The van der Waals surface area contributed by atoms with Gasteiger partial charge in [-0.15, -0.1) is 11.3 Å². The van der Waals surface area contributed by atoms with E-state index in [4.69, 9.17) is 0 Å². The summed E-state index contributed by atoms with van der Waals surface area (Å²) in [4.78, 5) is 32.2. The van der Waals surface area contributed by atoms with Gasteiger partial charge in [-0.3, -0.25) is 4.79 Å². The lowest BCUT2D eigenvalue weighted by atomic mass is 10.3. The summed E-state index contributed by atoms with van der Waals surface area (Å²) in [5, 5.41) is 4.95. The van der Waals surface area contributed by atoms with E-state index in [9.17, 15) is 9.59 Å². The third-order valence-corrected chi connectivity index (χ3v) is 4.80. The maximum Gasteiger partial charge on any atom is 0.317 e. The van der Waals surface area contributed by atoms with Crippen LogP contribution in [0, 0.1) is 5.92 Å². The summed E-state index contributed by atoms with van der Waals surface area (Å²) in [5.74, 6) is 0.546. The Balaban J connectivity index is 1.41. The van der Waals surface area contributed by atoms with E-state index in [2.05, 4.69) is 10.3 Å². The molecule has 3 rings (SSSR count). The Labute approximate surface area is 134 Å². The molecule has 1 aromatic rings. The maximum atomic E-state index is 12.2. The molecule has 7 heteroatoms. The van der Waals surface area contributed by atoms with Crippen LogP contribution in [0.25, 0.3) is 0 Å². The van der Waals surface area contributed by atoms with E-state index in [1.54, 1.807) is 16.8 Å². The van der Waals surface area contributed by atoms with Crippen molar-refractivity contribution in [3.63, 3.8) is 0 Å². The zero-order valence-electron chi connectivity index (χ0n) is 12.7. The van der Waals surface area contributed by atoms with E-state index in [0.29, 0.717) is 19.6 Å². The van der Waals surface area contributed by atoms with Crippen molar-refractivity contribution < 1.29 is 9.59 Å². The van der Waals surface area contributed by atoms with E-state index in [1.807, 2.05) is 15.2 Å². The predicted octanol–water partition coefficient (Wildman–Crippen LogP) is 1.34. The molecule has 2 fully saturated rings. The van der Waals surface area contributed by atoms with Gasteiger partial charge in [-0.25, -0.2) is 9.78 Å². The first-order chi connectivity index (χ1) is 10.7. The molecular formula is C15H22N4O2S. The summed E-state index contributed by atoms with van der Waals surface area (Å²) in [5.41, 5.74) is 2.82. The quantitative estimate of drug-likeness (QED) is 0.910. The van der Waals surface area contributed by atoms with Crippen LogP contribution >= 0.6 is 11.3 Å². The minimum absolute atomic E-state index is 0.0315. The molecule has 22 heavy (non-hydrogen) atoms. The highest BCUT2D eigenvalue weighted by Gasteiger charge is 2.34. The fourth-order valence-electron chi connectivity index (χ4n) is 2.70. The van der Waals surface area contributed by atoms with Crippen molar-refractivity contribution >= 4 is 23.3 Å². The number of hydrogen-bond donors (Lipinski definition) is 1. The van der Waals surface area contributed by atoms with Crippen LogP contribution in [0.4, 0.5) is 4.79 Å². The van der Waals surface area contributed by atoms with Crippen molar-refractivity contribution in [3.8, 4) is 0 Å². The highest BCUT2D eigenvalue weighted by Crippen LogP contribution is 2.31. The highest BCUT2D eigenvalue weighted by molar-refractivity contribution is 7.07. The SMILES string of the molecule is O=C(NCCc1cscn1)N1CCCN(C(=O)C2CC2)CC1. The molecular weight excluding hydrogens is 300 g/mol. The largest absolute Gasteiger partial charge is 0.341 e. The minimum atomic E-state index is -0.0315. The zero-order chi connectivity index (χ0) is 15.4. The van der Waals surface area contributed by atoms with E-state index >= 15 is 0 Å². The molecule has 1 N–H and O–H groups in total. The fraction of sp³-hybridized carbons (Fsp3) is 0.667. The second-order valence-electron chi connectivity index (χ2n) is 5.90. The van der Waals surface area contributed by atoms with Gasteiger partial charge < -0.3 is 15.1 Å². The van der Waals surface area contributed by atoms with Crippen LogP contribution in [0.1, 0.15) is 25.0 Å². The smallest absolute Gasteiger partial charge is 0.317 e. The number of thiazole rings is 1. The van der Waals surface area contributed by atoms with Crippen molar-refractivity contribution in [1.29, 1.82) is 0 Å². The summed E-state index contributed by atoms with van der Waals surface area (Å²) < 4.78 is 0. The summed E-state index contributed by atoms with van der Waals surface area (Å²) >= 11 is 1.57. The molecule has 1 saturated heterocycles. The lowest BCUT2D eigenvalue weighted by molar-refractivity contribution is -0.132. The van der Waals surface area contributed by atoms with Gasteiger partial charge in [0.15, 0.2) is 0 Å². The number of amides is 3. The Morgan fingerprint density at radius 3 is 2.73 bits per heavy atom. The molecule has 120 valence electrons. The summed E-state index contributed by atoms with van der Waals surface area (Å²) in [7, 11) is 0. The van der Waals surface area contributed by atoms with Crippen molar-refractivity contribution in [3.05, 3.63) is 16.6 Å². The summed E-state index contributed by atoms with van der Waals surface area (Å²) in [6.45, 7) is 3.38. The Kier molecular flexibility index (Phi) is 4.92. The van der Waals surface area contributed by atoms with E-state index in [-0.39, 0.29) is 17.9 Å². The van der Waals surface area contributed by atoms with Crippen molar-refractivity contribution in [2.75, 3.05) is 32.7 Å². The second kappa shape index (κ2) is 7.09. The molecule has 3 amide bonds. The number of carbonyl (C=O) groups is 2. The number of hydrogen-bond acceptors (Lipinski definition) is 4. The number of rotatable bonds is 4. The van der Waals surface area contributed by atoms with E-state index < -0.39 is 0 Å². The topological polar surface area (TPSA) is 65.5 Å². The van der Waals surface area contributed by atoms with Crippen LogP contribution in [-0.4, -0.2) is 59.4 Å². The molecule has 2 aliphatic rings. The van der Waals surface area contributed by atoms with Gasteiger partial charge in [0.05, 0.1) is 11.2 Å². The molecule has 0 bridgehead atoms. The van der Waals surface area contributed by atoms with Gasteiger partial charge in [-0.1, -0.05) is 0 Å². The molecule has 0 aromatic carbocycles. The first-order valence-corrected chi connectivity index (χ1v) is 8.87. The highest BCUT2D eigenvalue weighted by atomic mass is 32.1. The first-order valence-electron chi connectivity index (χ1n) is 7.92. The molecule has 0 spiro atoms. The molecule has 1 aliphatic carbocycles. The maximum absolute atomic E-state index is 12.2. The van der Waals surface area contributed by atoms with Gasteiger partial charge in [0, 0.05) is 50.4 Å². The Morgan fingerprint density at radius 2 is 2.00 bits per heavy atom. The molecule has 0 atom stereocenters. The van der Waals surface area contributed by atoms with Crippen LogP contribution in [0.5, 0.6) is 0 Å². The van der Waals surface area contributed by atoms with Crippen molar-refractivity contribution in [1.82, 2.24) is 20.1 Å². The molecule has 1 saturated carbocycles. The third-order valence-electron chi connectivity index (χ3n) is 4.16. The Hall–Kier alpha value is -1.63. The van der Waals surface area contributed by atoms with Gasteiger partial charge in [-0.05, 0) is 19.3 Å². The van der Waals surface area contributed by atoms with Crippen LogP contribution in [0.15, 0.2) is 10.9 Å². The fourth-order valence-corrected chi connectivity index (χ4v) is 3.29. The number of carbonyl (C=O) groups excluding carboxylic acids is 2. The van der Waals surface area contributed by atoms with E-state index in [1.165, 1.54) is 0 Å². The molecule has 6 nitrogen and oxygen atoms in total. The monoisotopic (exact) mass is 322 g/mol. The molecule has 0 unspecified atom stereocenters. The number of aromatic nitrogens is 1. The normalized spacial score (nSPS) is 18.9. The second-order valence-corrected chi connectivity index (χ2v) is 6.62. The predicted molar refractivity (Wildman–Crippen MR) is 84.7 cm³/mol. The lowest BCUT2D eigenvalue weighted by Gasteiger charge is -2.22. The average molecular weight is 322 g/mol. The number of nitrogens with zero attached hydrogens (tertiary/aromatic N) is 3. The molecule has 0 radical (unpaired) electrons. The van der Waals surface area contributed by atoms with Crippen LogP contribution < -0.4 is 5.32 Å². The summed E-state index contributed by atoms with van der Waals surface area (Å²) in [6, 6.07) is -0.0315. The van der Waals surface area contributed by atoms with Gasteiger partial charge in [-0.2, -0.15) is 0 Å². The van der Waals surface area contributed by atoms with Gasteiger partial charge >= 0.3 is 6.03 Å². The average Bonchev–Trinajstić information content (AvgIpc) is 3.29. The standard InChI is InChI=1S/C15H22N4O2S/c20-14(12-2-3-12)18-6-1-7-19(9-8-18)15(21)16-5-4-13-10-22-11-17-13/h10-12H,1-9H2,(H,16,21). The Bertz CT molecular complexity index is 516. The Morgan fingerprint density at radius 1 is 1.23 bits per heavy atom. The lowest BCUT2D eigenvalue weighted by Crippen LogP contribution is -2.43. The number of nitrogens with one attached hydrogen (secondary N) is 1. The van der Waals surface area contributed by atoms with E-state index in [0.717, 1.165) is 44.5 Å². The molecule has 1 aromatic heterocycles. The van der Waals surface area contributed by atoms with Crippen LogP contribution in [0.3, 0.4) is 0 Å². The first kappa shape index (κ1) is 15.3. The van der Waals surface area contributed by atoms with Crippen molar-refractivity contribution in [2.24, 2.45) is 5.92 Å². The minimum Gasteiger partial charge on any atom is -0.341 e. The summed E-state index contributed by atoms with van der Waals surface area (Å²) in [6.07, 6.45) is 3.69. The molecule has 1 aliphatic heterocycles. The van der Waals surface area contributed by atoms with Gasteiger partial charge in [0.25, 0.3) is 0 Å². The van der Waals surface area contributed by atoms with Crippen LogP contribution in [0.2, 0.25) is 0 Å². The zero-order valence-corrected chi connectivity index (χ0v) is 13.5. The third kappa shape index (κ3) is 3.97.